The molecule has 0 aromatic carbocycles. The van der Waals surface area contributed by atoms with Crippen molar-refractivity contribution in [2.24, 2.45) is 0 Å². The molecule has 2 saturated heterocycles. The quantitative estimate of drug-likeness (QED) is 0.649. The lowest BCUT2D eigenvalue weighted by atomic mass is 9.99. The van der Waals surface area contributed by atoms with Gasteiger partial charge in [0.1, 0.15) is 0 Å². The number of nitrogens with one attached hydrogen (secondary N) is 2. The molecule has 2 heterocycles. The van der Waals surface area contributed by atoms with E-state index in [0.717, 1.165) is 18.1 Å². The van der Waals surface area contributed by atoms with Crippen molar-refractivity contribution in [1.82, 2.24) is 10.6 Å². The minimum Gasteiger partial charge on any atom is -0.312 e. The topological polar surface area (TPSA) is 24.1 Å². The Hall–Kier alpha value is -0.0800. The maximum absolute atomic E-state index is 3.65. The standard InChI is InChI=1S/C10H20N2/c1-7(2)11-10-5-8-3-4-9(6-10)12-8/h7-12H,3-6H2,1-2H3/t8-,9+,10?. The van der Waals surface area contributed by atoms with Crippen molar-refractivity contribution in [2.75, 3.05) is 0 Å². The zero-order valence-electron chi connectivity index (χ0n) is 8.14. The Labute approximate surface area is 75.1 Å². The van der Waals surface area contributed by atoms with Gasteiger partial charge in [0, 0.05) is 24.2 Å². The second-order valence-electron chi connectivity index (χ2n) is 4.63. The van der Waals surface area contributed by atoms with E-state index >= 15 is 0 Å². The number of piperidine rings is 1. The first kappa shape index (κ1) is 8.52. The largest absolute Gasteiger partial charge is 0.312 e. The zero-order valence-corrected chi connectivity index (χ0v) is 8.14. The molecule has 2 aliphatic heterocycles. The van der Waals surface area contributed by atoms with E-state index in [9.17, 15) is 0 Å². The van der Waals surface area contributed by atoms with E-state index in [1.165, 1.54) is 25.7 Å². The van der Waals surface area contributed by atoms with Crippen LogP contribution in [-0.4, -0.2) is 24.2 Å². The molecular weight excluding hydrogens is 148 g/mol. The Morgan fingerprint density at radius 1 is 1.17 bits per heavy atom. The summed E-state index contributed by atoms with van der Waals surface area (Å²) in [5, 5.41) is 7.30. The van der Waals surface area contributed by atoms with E-state index < -0.39 is 0 Å². The summed E-state index contributed by atoms with van der Waals surface area (Å²) in [6.45, 7) is 4.48. The van der Waals surface area contributed by atoms with Gasteiger partial charge in [0.15, 0.2) is 0 Å². The van der Waals surface area contributed by atoms with Crippen LogP contribution in [0.3, 0.4) is 0 Å². The van der Waals surface area contributed by atoms with Gasteiger partial charge in [-0.05, 0) is 25.7 Å². The molecule has 0 radical (unpaired) electrons. The molecule has 2 N–H and O–H groups in total. The van der Waals surface area contributed by atoms with Crippen LogP contribution in [-0.2, 0) is 0 Å². The van der Waals surface area contributed by atoms with Crippen molar-refractivity contribution in [3.05, 3.63) is 0 Å². The van der Waals surface area contributed by atoms with E-state index in [4.69, 9.17) is 0 Å². The third-order valence-electron chi connectivity index (χ3n) is 3.04. The smallest absolute Gasteiger partial charge is 0.00990 e. The Bertz CT molecular complexity index is 144. The minimum atomic E-state index is 0.646. The average molecular weight is 168 g/mol. The predicted molar refractivity (Wildman–Crippen MR) is 51.2 cm³/mol. The highest BCUT2D eigenvalue weighted by molar-refractivity contribution is 4.94. The first-order valence-corrected chi connectivity index (χ1v) is 5.26. The summed E-state index contributed by atoms with van der Waals surface area (Å²) >= 11 is 0. The highest BCUT2D eigenvalue weighted by atomic mass is 15.1. The summed E-state index contributed by atoms with van der Waals surface area (Å²) in [6.07, 6.45) is 5.49. The van der Waals surface area contributed by atoms with Crippen molar-refractivity contribution in [3.63, 3.8) is 0 Å². The van der Waals surface area contributed by atoms with Gasteiger partial charge in [0.25, 0.3) is 0 Å². The van der Waals surface area contributed by atoms with Crippen molar-refractivity contribution in [2.45, 2.75) is 63.7 Å². The lowest BCUT2D eigenvalue weighted by molar-refractivity contribution is 0.304. The van der Waals surface area contributed by atoms with Gasteiger partial charge in [0.2, 0.25) is 0 Å². The van der Waals surface area contributed by atoms with Crippen LogP contribution in [0.4, 0.5) is 0 Å². The summed E-state index contributed by atoms with van der Waals surface area (Å²) in [5.41, 5.74) is 0. The molecule has 2 bridgehead atoms. The van der Waals surface area contributed by atoms with Crippen molar-refractivity contribution < 1.29 is 0 Å². The van der Waals surface area contributed by atoms with E-state index in [-0.39, 0.29) is 0 Å². The summed E-state index contributed by atoms with van der Waals surface area (Å²) < 4.78 is 0. The molecule has 0 spiro atoms. The van der Waals surface area contributed by atoms with Crippen molar-refractivity contribution in [3.8, 4) is 0 Å². The summed E-state index contributed by atoms with van der Waals surface area (Å²) in [7, 11) is 0. The van der Waals surface area contributed by atoms with Gasteiger partial charge in [-0.1, -0.05) is 13.8 Å². The Morgan fingerprint density at radius 3 is 2.25 bits per heavy atom. The van der Waals surface area contributed by atoms with Crippen LogP contribution in [0.25, 0.3) is 0 Å². The van der Waals surface area contributed by atoms with Crippen molar-refractivity contribution in [1.29, 1.82) is 0 Å². The highest BCUT2D eigenvalue weighted by Crippen LogP contribution is 2.26. The number of hydrogen-bond acceptors (Lipinski definition) is 2. The molecule has 0 aliphatic carbocycles. The lowest BCUT2D eigenvalue weighted by Gasteiger charge is -2.31. The van der Waals surface area contributed by atoms with Crippen LogP contribution in [0.1, 0.15) is 39.5 Å². The molecule has 3 atom stereocenters. The second kappa shape index (κ2) is 3.35. The van der Waals surface area contributed by atoms with Crippen LogP contribution in [0.15, 0.2) is 0 Å². The first-order valence-electron chi connectivity index (χ1n) is 5.26. The van der Waals surface area contributed by atoms with Gasteiger partial charge in [0.05, 0.1) is 0 Å². The Balaban J connectivity index is 1.85. The summed E-state index contributed by atoms with van der Waals surface area (Å²) in [6, 6.07) is 3.07. The fourth-order valence-electron chi connectivity index (χ4n) is 2.66. The lowest BCUT2D eigenvalue weighted by Crippen LogP contribution is -2.48. The molecule has 0 aromatic heterocycles. The fraction of sp³-hybridized carbons (Fsp3) is 1.00. The third kappa shape index (κ3) is 1.80. The van der Waals surface area contributed by atoms with Crippen LogP contribution in [0, 0.1) is 0 Å². The van der Waals surface area contributed by atoms with E-state index in [0.29, 0.717) is 6.04 Å². The molecule has 70 valence electrons. The number of fused-ring (bicyclic) bond motifs is 2. The SMILES string of the molecule is CC(C)NC1C[C@H]2CC[C@@H](C1)N2. The highest BCUT2D eigenvalue weighted by Gasteiger charge is 2.33. The van der Waals surface area contributed by atoms with Gasteiger partial charge >= 0.3 is 0 Å². The van der Waals surface area contributed by atoms with Gasteiger partial charge in [-0.15, -0.1) is 0 Å². The fourth-order valence-corrected chi connectivity index (χ4v) is 2.66. The summed E-state index contributed by atoms with van der Waals surface area (Å²) in [5.74, 6) is 0. The molecule has 0 amide bonds. The predicted octanol–water partition coefficient (Wildman–Crippen LogP) is 1.27. The molecule has 0 aromatic rings. The van der Waals surface area contributed by atoms with Crippen molar-refractivity contribution >= 4 is 0 Å². The van der Waals surface area contributed by atoms with Crippen LogP contribution >= 0.6 is 0 Å². The summed E-state index contributed by atoms with van der Waals surface area (Å²) in [4.78, 5) is 0. The molecule has 2 heteroatoms. The molecule has 0 saturated carbocycles. The third-order valence-corrected chi connectivity index (χ3v) is 3.04. The van der Waals surface area contributed by atoms with Gasteiger partial charge in [-0.3, -0.25) is 0 Å². The van der Waals surface area contributed by atoms with Crippen LogP contribution < -0.4 is 10.6 Å². The zero-order chi connectivity index (χ0) is 8.55. The van der Waals surface area contributed by atoms with E-state index in [1.807, 2.05) is 0 Å². The van der Waals surface area contributed by atoms with Gasteiger partial charge in [-0.25, -0.2) is 0 Å². The molecule has 1 unspecified atom stereocenters. The molecular formula is C10H20N2. The maximum atomic E-state index is 3.65. The second-order valence-corrected chi connectivity index (χ2v) is 4.63. The first-order chi connectivity index (χ1) is 5.74. The molecule has 2 nitrogen and oxygen atoms in total. The van der Waals surface area contributed by atoms with Gasteiger partial charge in [-0.2, -0.15) is 0 Å². The number of rotatable bonds is 2. The minimum absolute atomic E-state index is 0.646. The molecule has 2 fully saturated rings. The number of hydrogen-bond donors (Lipinski definition) is 2. The Kier molecular flexibility index (Phi) is 2.37. The monoisotopic (exact) mass is 168 g/mol. The maximum Gasteiger partial charge on any atom is 0.00990 e. The van der Waals surface area contributed by atoms with Gasteiger partial charge < -0.3 is 10.6 Å². The average Bonchev–Trinajstić information content (AvgIpc) is 2.29. The molecule has 12 heavy (non-hydrogen) atoms. The molecule has 2 rings (SSSR count). The normalized spacial score (nSPS) is 40.8. The van der Waals surface area contributed by atoms with Crippen LogP contribution in [0.2, 0.25) is 0 Å². The molecule has 2 aliphatic rings. The Morgan fingerprint density at radius 2 is 1.75 bits per heavy atom. The van der Waals surface area contributed by atoms with E-state index in [2.05, 4.69) is 24.5 Å². The van der Waals surface area contributed by atoms with Crippen LogP contribution in [0.5, 0.6) is 0 Å². The van der Waals surface area contributed by atoms with E-state index in [1.54, 1.807) is 0 Å².